The molecule has 1 fully saturated rings. The highest BCUT2D eigenvalue weighted by molar-refractivity contribution is 5.51. The first-order valence-electron chi connectivity index (χ1n) is 5.51. The molecule has 17 heavy (non-hydrogen) atoms. The largest absolute Gasteiger partial charge is 0.376 e. The van der Waals surface area contributed by atoms with Gasteiger partial charge in [-0.25, -0.2) is 8.78 Å². The zero-order chi connectivity index (χ0) is 12.4. The number of halogens is 2. The van der Waals surface area contributed by atoms with E-state index in [1.54, 1.807) is 6.07 Å². The Kier molecular flexibility index (Phi) is 3.25. The topological polar surface area (TPSA) is 61.8 Å². The third kappa shape index (κ3) is 2.53. The van der Waals surface area contributed by atoms with Gasteiger partial charge in [-0.15, -0.1) is 0 Å². The van der Waals surface area contributed by atoms with Crippen LogP contribution in [-0.4, -0.2) is 12.6 Å². The van der Waals surface area contributed by atoms with Gasteiger partial charge in [0, 0.05) is 12.6 Å². The molecule has 0 bridgehead atoms. The number of nitrogens with two attached hydrogens (primary N) is 1. The van der Waals surface area contributed by atoms with Crippen molar-refractivity contribution in [3.8, 4) is 6.07 Å². The Morgan fingerprint density at radius 3 is 2.41 bits per heavy atom. The molecule has 1 atom stereocenters. The minimum absolute atomic E-state index is 0.0266. The van der Waals surface area contributed by atoms with E-state index in [-0.39, 0.29) is 17.3 Å². The van der Waals surface area contributed by atoms with Crippen LogP contribution >= 0.6 is 0 Å². The molecule has 1 unspecified atom stereocenters. The third-order valence-electron chi connectivity index (χ3n) is 2.95. The Bertz CT molecular complexity index is 440. The van der Waals surface area contributed by atoms with Crippen LogP contribution < -0.4 is 11.1 Å². The molecule has 1 saturated carbocycles. The zero-order valence-corrected chi connectivity index (χ0v) is 9.21. The van der Waals surface area contributed by atoms with Crippen LogP contribution in [0.2, 0.25) is 0 Å². The predicted octanol–water partition coefficient (Wildman–Crippen LogP) is 1.99. The van der Waals surface area contributed by atoms with E-state index in [1.165, 1.54) is 0 Å². The van der Waals surface area contributed by atoms with E-state index in [0.29, 0.717) is 12.5 Å². The number of anilines is 1. The Morgan fingerprint density at radius 1 is 1.41 bits per heavy atom. The maximum absolute atomic E-state index is 13.6. The van der Waals surface area contributed by atoms with E-state index in [0.717, 1.165) is 25.0 Å². The van der Waals surface area contributed by atoms with Crippen LogP contribution in [0.25, 0.3) is 0 Å². The number of rotatable bonds is 4. The molecule has 0 aliphatic heterocycles. The molecule has 0 amide bonds. The summed E-state index contributed by atoms with van der Waals surface area (Å²) in [5.74, 6) is -1.10. The highest BCUT2D eigenvalue weighted by atomic mass is 19.1. The fourth-order valence-corrected chi connectivity index (χ4v) is 1.83. The summed E-state index contributed by atoms with van der Waals surface area (Å²) in [6.07, 6.45) is 2.07. The maximum Gasteiger partial charge on any atom is 0.150 e. The molecule has 1 aromatic rings. The molecule has 5 heteroatoms. The summed E-state index contributed by atoms with van der Waals surface area (Å²) in [5.41, 5.74) is 5.34. The summed E-state index contributed by atoms with van der Waals surface area (Å²) in [6.45, 7) is 0.337. The SMILES string of the molecule is N#Cc1cc(F)c(NC(CN)C2CC2)c(F)c1. The maximum atomic E-state index is 13.6. The van der Waals surface area contributed by atoms with Crippen LogP contribution in [0.4, 0.5) is 14.5 Å². The minimum Gasteiger partial charge on any atom is -0.376 e. The zero-order valence-electron chi connectivity index (χ0n) is 9.21. The molecule has 1 aliphatic carbocycles. The molecule has 1 aliphatic rings. The van der Waals surface area contributed by atoms with Crippen molar-refractivity contribution in [3.63, 3.8) is 0 Å². The van der Waals surface area contributed by atoms with Gasteiger partial charge < -0.3 is 11.1 Å². The van der Waals surface area contributed by atoms with Crippen LogP contribution in [0.1, 0.15) is 18.4 Å². The molecule has 0 spiro atoms. The normalized spacial score (nSPS) is 16.4. The smallest absolute Gasteiger partial charge is 0.150 e. The Morgan fingerprint density at radius 2 is 2.00 bits per heavy atom. The molecule has 0 aromatic heterocycles. The number of nitriles is 1. The van der Waals surface area contributed by atoms with Crippen molar-refractivity contribution in [1.82, 2.24) is 0 Å². The summed E-state index contributed by atoms with van der Waals surface area (Å²) < 4.78 is 27.2. The van der Waals surface area contributed by atoms with Gasteiger partial charge in [-0.2, -0.15) is 5.26 Å². The van der Waals surface area contributed by atoms with Crippen LogP contribution in [0.5, 0.6) is 0 Å². The average molecular weight is 237 g/mol. The van der Waals surface area contributed by atoms with E-state index in [9.17, 15) is 8.78 Å². The van der Waals surface area contributed by atoms with Gasteiger partial charge in [-0.1, -0.05) is 0 Å². The van der Waals surface area contributed by atoms with Crippen molar-refractivity contribution < 1.29 is 8.78 Å². The fraction of sp³-hybridized carbons (Fsp3) is 0.417. The quantitative estimate of drug-likeness (QED) is 0.841. The van der Waals surface area contributed by atoms with E-state index >= 15 is 0 Å². The molecule has 0 heterocycles. The Hall–Kier alpha value is -1.67. The predicted molar refractivity (Wildman–Crippen MR) is 60.3 cm³/mol. The van der Waals surface area contributed by atoms with Crippen molar-refractivity contribution >= 4 is 5.69 Å². The first-order valence-corrected chi connectivity index (χ1v) is 5.51. The first-order chi connectivity index (χ1) is 8.15. The van der Waals surface area contributed by atoms with Crippen molar-refractivity contribution in [3.05, 3.63) is 29.3 Å². The van der Waals surface area contributed by atoms with Gasteiger partial charge in [0.1, 0.15) is 5.69 Å². The highest BCUT2D eigenvalue weighted by Gasteiger charge is 2.31. The van der Waals surface area contributed by atoms with Gasteiger partial charge >= 0.3 is 0 Å². The number of nitrogens with one attached hydrogen (secondary N) is 1. The van der Waals surface area contributed by atoms with Crippen molar-refractivity contribution in [1.29, 1.82) is 5.26 Å². The molecular weight excluding hydrogens is 224 g/mol. The number of nitrogens with zero attached hydrogens (tertiary/aromatic N) is 1. The van der Waals surface area contributed by atoms with Crippen molar-refractivity contribution in [2.75, 3.05) is 11.9 Å². The van der Waals surface area contributed by atoms with Gasteiger partial charge in [0.25, 0.3) is 0 Å². The molecule has 3 N–H and O–H groups in total. The molecule has 2 rings (SSSR count). The van der Waals surface area contributed by atoms with E-state index < -0.39 is 11.6 Å². The van der Waals surface area contributed by atoms with E-state index in [1.807, 2.05) is 0 Å². The Labute approximate surface area is 98.2 Å². The first kappa shape index (κ1) is 11.8. The molecule has 3 nitrogen and oxygen atoms in total. The molecule has 0 radical (unpaired) electrons. The molecule has 1 aromatic carbocycles. The second kappa shape index (κ2) is 4.68. The van der Waals surface area contributed by atoms with E-state index in [4.69, 9.17) is 11.0 Å². The van der Waals surface area contributed by atoms with E-state index in [2.05, 4.69) is 5.32 Å². The van der Waals surface area contributed by atoms with Crippen molar-refractivity contribution in [2.24, 2.45) is 11.7 Å². The molecular formula is C12H13F2N3. The molecule has 90 valence electrons. The van der Waals surface area contributed by atoms with Gasteiger partial charge in [0.15, 0.2) is 11.6 Å². The second-order valence-electron chi connectivity index (χ2n) is 4.25. The minimum atomic E-state index is -0.749. The average Bonchev–Trinajstić information content (AvgIpc) is 3.12. The number of hydrogen-bond acceptors (Lipinski definition) is 3. The molecule has 0 saturated heterocycles. The number of benzene rings is 1. The van der Waals surface area contributed by atoms with Crippen molar-refractivity contribution in [2.45, 2.75) is 18.9 Å². The fourth-order valence-electron chi connectivity index (χ4n) is 1.83. The van der Waals surface area contributed by atoms with Gasteiger partial charge in [0.05, 0.1) is 11.6 Å². The van der Waals surface area contributed by atoms with Crippen LogP contribution in [-0.2, 0) is 0 Å². The third-order valence-corrected chi connectivity index (χ3v) is 2.95. The standard InChI is InChI=1S/C12H13F2N3/c13-9-3-7(5-15)4-10(14)12(9)17-11(6-16)8-1-2-8/h3-4,8,11,17H,1-2,6,16H2. The summed E-state index contributed by atoms with van der Waals surface area (Å²) in [6, 6.07) is 3.64. The van der Waals surface area contributed by atoms with Gasteiger partial charge in [-0.05, 0) is 30.9 Å². The summed E-state index contributed by atoms with van der Waals surface area (Å²) in [5, 5.41) is 11.4. The lowest BCUT2D eigenvalue weighted by Gasteiger charge is -2.18. The lowest BCUT2D eigenvalue weighted by Crippen LogP contribution is -2.31. The monoisotopic (exact) mass is 237 g/mol. The highest BCUT2D eigenvalue weighted by Crippen LogP contribution is 2.34. The number of hydrogen-bond donors (Lipinski definition) is 2. The second-order valence-corrected chi connectivity index (χ2v) is 4.25. The van der Waals surface area contributed by atoms with Crippen LogP contribution in [0, 0.1) is 28.9 Å². The lowest BCUT2D eigenvalue weighted by atomic mass is 10.1. The Balaban J connectivity index is 2.23. The van der Waals surface area contributed by atoms with Crippen LogP contribution in [0.15, 0.2) is 12.1 Å². The van der Waals surface area contributed by atoms with Gasteiger partial charge in [0.2, 0.25) is 0 Å². The van der Waals surface area contributed by atoms with Gasteiger partial charge in [-0.3, -0.25) is 0 Å². The summed E-state index contributed by atoms with van der Waals surface area (Å²) >= 11 is 0. The lowest BCUT2D eigenvalue weighted by molar-refractivity contribution is 0.570. The van der Waals surface area contributed by atoms with Crippen LogP contribution in [0.3, 0.4) is 0 Å². The summed E-state index contributed by atoms with van der Waals surface area (Å²) in [7, 11) is 0. The summed E-state index contributed by atoms with van der Waals surface area (Å²) in [4.78, 5) is 0.